The molecule has 2 aliphatic rings. The highest BCUT2D eigenvalue weighted by molar-refractivity contribution is 5.96. The van der Waals surface area contributed by atoms with Crippen LogP contribution in [0, 0.1) is 11.6 Å². The first-order chi connectivity index (χ1) is 19.8. The number of amides is 1. The summed E-state index contributed by atoms with van der Waals surface area (Å²) in [7, 11) is 0. The molecule has 1 amide bonds. The number of para-hydroxylation sites is 1. The van der Waals surface area contributed by atoms with Crippen LogP contribution in [0.5, 0.6) is 5.88 Å². The number of nitrogens with zero attached hydrogens (tertiary/aromatic N) is 6. The van der Waals surface area contributed by atoms with Gasteiger partial charge < -0.3 is 10.0 Å². The van der Waals surface area contributed by atoms with Gasteiger partial charge in [0, 0.05) is 31.3 Å². The molecule has 1 atom stereocenters. The smallest absolute Gasteiger partial charge is 0.275 e. The van der Waals surface area contributed by atoms with E-state index >= 15 is 0 Å². The molecule has 4 aromatic rings. The molecule has 6 rings (SSSR count). The van der Waals surface area contributed by atoms with E-state index in [1.54, 1.807) is 6.07 Å². The summed E-state index contributed by atoms with van der Waals surface area (Å²) in [5, 5.41) is 15.7. The molecule has 0 spiro atoms. The standard InChI is InChI=1S/C30H30F2N6O3/c1-3-17-6-5-7-18(4-2)26(17)38-27(23-11-13-37(35-23)21-8-9-21)34-28(39)24(30(38)41)29(40)36-12-10-19(16-36)25-22(32)14-20(31)15-33-25/h5-7,11,13-15,19,21,39H,3-4,8-10,12,16H2,1-2H3. The van der Waals surface area contributed by atoms with Crippen molar-refractivity contribution in [1.29, 1.82) is 0 Å². The summed E-state index contributed by atoms with van der Waals surface area (Å²) in [5.74, 6) is -3.29. The summed E-state index contributed by atoms with van der Waals surface area (Å²) in [6, 6.07) is 8.61. The van der Waals surface area contributed by atoms with Crippen molar-refractivity contribution in [2.45, 2.75) is 57.9 Å². The second-order valence-electron chi connectivity index (χ2n) is 10.6. The van der Waals surface area contributed by atoms with E-state index in [-0.39, 0.29) is 24.6 Å². The number of pyridine rings is 1. The molecule has 1 aromatic carbocycles. The predicted molar refractivity (Wildman–Crippen MR) is 147 cm³/mol. The molecule has 1 aliphatic heterocycles. The van der Waals surface area contributed by atoms with Gasteiger partial charge in [0.15, 0.2) is 11.4 Å². The molecule has 0 radical (unpaired) electrons. The lowest BCUT2D eigenvalue weighted by molar-refractivity contribution is 0.0784. The van der Waals surface area contributed by atoms with Gasteiger partial charge in [0.05, 0.1) is 23.6 Å². The van der Waals surface area contributed by atoms with Crippen molar-refractivity contribution in [2.24, 2.45) is 0 Å². The number of aromatic nitrogens is 5. The third-order valence-corrected chi connectivity index (χ3v) is 7.92. The van der Waals surface area contributed by atoms with Crippen LogP contribution in [0.4, 0.5) is 8.78 Å². The monoisotopic (exact) mass is 560 g/mol. The maximum Gasteiger partial charge on any atom is 0.275 e. The highest BCUT2D eigenvalue weighted by Crippen LogP contribution is 2.36. The molecule has 1 aliphatic carbocycles. The van der Waals surface area contributed by atoms with Crippen LogP contribution in [0.1, 0.15) is 72.2 Å². The van der Waals surface area contributed by atoms with Gasteiger partial charge in [0.25, 0.3) is 11.5 Å². The molecule has 1 unspecified atom stereocenters. The molecule has 11 heteroatoms. The number of aromatic hydroxyl groups is 1. The Morgan fingerprint density at radius 3 is 2.49 bits per heavy atom. The molecule has 2 fully saturated rings. The molecule has 212 valence electrons. The molecule has 3 aromatic heterocycles. The SMILES string of the molecule is CCc1cccc(CC)c1-n1c(-c2ccn(C3CC3)n2)nc(O)c(C(=O)N2CCC(c3ncc(F)cc3F)C2)c1=O. The number of likely N-dealkylation sites (tertiary alicyclic amines) is 1. The van der Waals surface area contributed by atoms with Crippen LogP contribution in [0.25, 0.3) is 17.2 Å². The molecule has 1 saturated heterocycles. The van der Waals surface area contributed by atoms with Crippen LogP contribution in [-0.2, 0) is 12.8 Å². The molecule has 9 nitrogen and oxygen atoms in total. The average molecular weight is 561 g/mol. The van der Waals surface area contributed by atoms with E-state index in [0.29, 0.717) is 36.7 Å². The zero-order valence-corrected chi connectivity index (χ0v) is 22.8. The van der Waals surface area contributed by atoms with Gasteiger partial charge in [0.2, 0.25) is 5.88 Å². The first kappa shape index (κ1) is 26.8. The number of rotatable bonds is 7. The molecule has 0 bridgehead atoms. The second kappa shape index (κ2) is 10.5. The van der Waals surface area contributed by atoms with Gasteiger partial charge in [-0.25, -0.2) is 8.78 Å². The van der Waals surface area contributed by atoms with Gasteiger partial charge >= 0.3 is 0 Å². The summed E-state index contributed by atoms with van der Waals surface area (Å²) in [6.45, 7) is 4.24. The van der Waals surface area contributed by atoms with E-state index in [2.05, 4.69) is 15.1 Å². The van der Waals surface area contributed by atoms with Crippen LogP contribution in [-0.4, -0.2) is 53.3 Å². The lowest BCUT2D eigenvalue weighted by Gasteiger charge is -2.21. The number of hydrogen-bond acceptors (Lipinski definition) is 6. The Morgan fingerprint density at radius 1 is 1.10 bits per heavy atom. The van der Waals surface area contributed by atoms with Crippen molar-refractivity contribution in [3.63, 3.8) is 0 Å². The van der Waals surface area contributed by atoms with Gasteiger partial charge in [-0.15, -0.1) is 0 Å². The maximum absolute atomic E-state index is 14.4. The minimum atomic E-state index is -0.783. The Bertz CT molecular complexity index is 1690. The van der Waals surface area contributed by atoms with E-state index in [1.165, 1.54) is 9.47 Å². The molecular weight excluding hydrogens is 530 g/mol. The van der Waals surface area contributed by atoms with Crippen molar-refractivity contribution in [3.05, 3.63) is 87.1 Å². The highest BCUT2D eigenvalue weighted by Gasteiger charge is 2.35. The first-order valence-corrected chi connectivity index (χ1v) is 13.9. The molecular formula is C30H30F2N6O3. The van der Waals surface area contributed by atoms with Gasteiger partial charge in [0.1, 0.15) is 17.3 Å². The van der Waals surface area contributed by atoms with Crippen molar-refractivity contribution in [1.82, 2.24) is 29.2 Å². The van der Waals surface area contributed by atoms with Crippen LogP contribution >= 0.6 is 0 Å². The Kier molecular flexibility index (Phi) is 6.88. The molecule has 1 saturated carbocycles. The Morgan fingerprint density at radius 2 is 1.83 bits per heavy atom. The van der Waals surface area contributed by atoms with Gasteiger partial charge in [-0.05, 0) is 49.3 Å². The summed E-state index contributed by atoms with van der Waals surface area (Å²) < 4.78 is 31.0. The predicted octanol–water partition coefficient (Wildman–Crippen LogP) is 4.56. The van der Waals surface area contributed by atoms with Crippen molar-refractivity contribution in [2.75, 3.05) is 13.1 Å². The lowest BCUT2D eigenvalue weighted by Crippen LogP contribution is -2.36. The number of hydrogen-bond donors (Lipinski definition) is 1. The number of halogens is 2. The van der Waals surface area contributed by atoms with E-state index in [1.807, 2.05) is 42.9 Å². The number of aryl methyl sites for hydroxylation is 2. The van der Waals surface area contributed by atoms with E-state index < -0.39 is 40.5 Å². The second-order valence-corrected chi connectivity index (χ2v) is 10.6. The van der Waals surface area contributed by atoms with Crippen molar-refractivity contribution >= 4 is 5.91 Å². The Balaban J connectivity index is 1.46. The number of benzene rings is 1. The van der Waals surface area contributed by atoms with E-state index in [9.17, 15) is 23.5 Å². The summed E-state index contributed by atoms with van der Waals surface area (Å²) in [6.07, 6.45) is 6.44. The fourth-order valence-electron chi connectivity index (χ4n) is 5.63. The van der Waals surface area contributed by atoms with Gasteiger partial charge in [-0.3, -0.25) is 23.8 Å². The fraction of sp³-hybridized carbons (Fsp3) is 0.367. The number of carbonyl (C=O) groups excluding carboxylic acids is 1. The Hall–Kier alpha value is -4.41. The Labute approximate surface area is 235 Å². The van der Waals surface area contributed by atoms with Crippen molar-refractivity contribution < 1.29 is 18.7 Å². The maximum atomic E-state index is 14.4. The summed E-state index contributed by atoms with van der Waals surface area (Å²) >= 11 is 0. The quantitative estimate of drug-likeness (QED) is 0.355. The fourth-order valence-corrected chi connectivity index (χ4v) is 5.63. The van der Waals surface area contributed by atoms with Crippen LogP contribution in [0.15, 0.2) is 47.5 Å². The van der Waals surface area contributed by atoms with Crippen LogP contribution < -0.4 is 5.56 Å². The topological polar surface area (TPSA) is 106 Å². The zero-order chi connectivity index (χ0) is 28.8. The first-order valence-electron chi connectivity index (χ1n) is 13.9. The van der Waals surface area contributed by atoms with Crippen molar-refractivity contribution in [3.8, 4) is 23.1 Å². The molecule has 4 heterocycles. The summed E-state index contributed by atoms with van der Waals surface area (Å²) in [4.78, 5) is 37.7. The molecule has 1 N–H and O–H groups in total. The van der Waals surface area contributed by atoms with Gasteiger partial charge in [-0.2, -0.15) is 10.1 Å². The summed E-state index contributed by atoms with van der Waals surface area (Å²) in [5.41, 5.74) is 1.71. The largest absolute Gasteiger partial charge is 0.493 e. The minimum Gasteiger partial charge on any atom is -0.493 e. The third kappa shape index (κ3) is 4.79. The van der Waals surface area contributed by atoms with Crippen LogP contribution in [0.3, 0.4) is 0 Å². The van der Waals surface area contributed by atoms with E-state index in [0.717, 1.165) is 36.2 Å². The minimum absolute atomic E-state index is 0.0621. The average Bonchev–Trinajstić information content (AvgIpc) is 3.48. The molecule has 41 heavy (non-hydrogen) atoms. The highest BCUT2D eigenvalue weighted by atomic mass is 19.1. The lowest BCUT2D eigenvalue weighted by atomic mass is 10.0. The van der Waals surface area contributed by atoms with E-state index in [4.69, 9.17) is 0 Å². The third-order valence-electron chi connectivity index (χ3n) is 7.92. The van der Waals surface area contributed by atoms with Gasteiger partial charge in [-0.1, -0.05) is 32.0 Å². The normalized spacial score (nSPS) is 16.9. The number of carbonyl (C=O) groups is 1. The zero-order valence-electron chi connectivity index (χ0n) is 22.8. The van der Waals surface area contributed by atoms with Crippen LogP contribution in [0.2, 0.25) is 0 Å².